The number of anilines is 1. The number of halogens is 2. The molecule has 2 aromatic carbocycles. The summed E-state index contributed by atoms with van der Waals surface area (Å²) in [6.45, 7) is 13.8. The third-order valence-corrected chi connectivity index (χ3v) is 4.79. The number of benzene rings is 2. The minimum absolute atomic E-state index is 0.287. The first-order valence-corrected chi connectivity index (χ1v) is 12.2. The second kappa shape index (κ2) is 15.5. The SMILES string of the molecule is CC(=CNC(=O)/C=C/c1ccc(Cl)cc1NC(=O)OC(C)(C)C)NCc1ccc(F)cc1.CC=C(C)C. The van der Waals surface area contributed by atoms with Crippen molar-refractivity contribution in [1.82, 2.24) is 10.6 Å². The smallest absolute Gasteiger partial charge is 0.412 e. The molecule has 0 aliphatic heterocycles. The van der Waals surface area contributed by atoms with Crippen molar-refractivity contribution in [2.45, 2.75) is 60.6 Å². The Kier molecular flexibility index (Phi) is 13.2. The van der Waals surface area contributed by atoms with Gasteiger partial charge in [-0.25, -0.2) is 9.18 Å². The van der Waals surface area contributed by atoms with E-state index in [9.17, 15) is 14.0 Å². The minimum atomic E-state index is -0.645. The van der Waals surface area contributed by atoms with Gasteiger partial charge < -0.3 is 15.4 Å². The predicted molar refractivity (Wildman–Crippen MR) is 151 cm³/mol. The topological polar surface area (TPSA) is 79.5 Å². The van der Waals surface area contributed by atoms with Gasteiger partial charge in [-0.1, -0.05) is 41.4 Å². The molecule has 8 heteroatoms. The Labute approximate surface area is 224 Å². The van der Waals surface area contributed by atoms with E-state index in [1.807, 2.05) is 6.92 Å². The van der Waals surface area contributed by atoms with Crippen molar-refractivity contribution in [3.8, 4) is 0 Å². The highest BCUT2D eigenvalue weighted by Gasteiger charge is 2.17. The molecular weight excluding hydrogens is 493 g/mol. The van der Waals surface area contributed by atoms with E-state index < -0.39 is 11.7 Å². The highest BCUT2D eigenvalue weighted by atomic mass is 35.5. The molecule has 0 bridgehead atoms. The number of nitrogens with one attached hydrogen (secondary N) is 3. The zero-order valence-electron chi connectivity index (χ0n) is 22.5. The number of carbonyl (C=O) groups excluding carboxylic acids is 2. The molecule has 0 atom stereocenters. The van der Waals surface area contributed by atoms with E-state index in [1.165, 1.54) is 30.0 Å². The van der Waals surface area contributed by atoms with E-state index in [0.717, 1.165) is 11.3 Å². The normalized spacial score (nSPS) is 11.2. The van der Waals surface area contributed by atoms with Crippen LogP contribution in [0.3, 0.4) is 0 Å². The minimum Gasteiger partial charge on any atom is -0.444 e. The summed E-state index contributed by atoms with van der Waals surface area (Å²) in [5.41, 5.74) is 3.39. The molecule has 2 aromatic rings. The molecule has 0 radical (unpaired) electrons. The van der Waals surface area contributed by atoms with E-state index in [4.69, 9.17) is 16.3 Å². The fourth-order valence-corrected chi connectivity index (χ4v) is 2.66. The maximum Gasteiger partial charge on any atom is 0.412 e. The summed E-state index contributed by atoms with van der Waals surface area (Å²) in [4.78, 5) is 24.2. The average molecular weight is 530 g/mol. The molecule has 3 N–H and O–H groups in total. The van der Waals surface area contributed by atoms with Crippen LogP contribution in [-0.4, -0.2) is 17.6 Å². The van der Waals surface area contributed by atoms with Crippen LogP contribution in [0.25, 0.3) is 6.08 Å². The number of ether oxygens (including phenoxy) is 1. The van der Waals surface area contributed by atoms with Crippen molar-refractivity contribution in [1.29, 1.82) is 0 Å². The summed E-state index contributed by atoms with van der Waals surface area (Å²) in [5, 5.41) is 8.86. The average Bonchev–Trinajstić information content (AvgIpc) is 2.81. The lowest BCUT2D eigenvalue weighted by Gasteiger charge is -2.20. The Morgan fingerprint density at radius 2 is 1.68 bits per heavy atom. The summed E-state index contributed by atoms with van der Waals surface area (Å²) in [7, 11) is 0. The van der Waals surface area contributed by atoms with E-state index >= 15 is 0 Å². The lowest BCUT2D eigenvalue weighted by atomic mass is 10.1. The molecule has 0 aromatic heterocycles. The third kappa shape index (κ3) is 14.5. The Balaban J connectivity index is 0.00000124. The molecule has 0 heterocycles. The maximum absolute atomic E-state index is 12.9. The third-order valence-electron chi connectivity index (χ3n) is 4.56. The molecule has 200 valence electrons. The van der Waals surface area contributed by atoms with Crippen LogP contribution in [0.4, 0.5) is 14.9 Å². The van der Waals surface area contributed by atoms with Gasteiger partial charge >= 0.3 is 6.09 Å². The first-order valence-electron chi connectivity index (χ1n) is 11.8. The van der Waals surface area contributed by atoms with Crippen LogP contribution in [0.2, 0.25) is 5.02 Å². The number of hydrogen-bond acceptors (Lipinski definition) is 4. The molecular formula is C29H37ClFN3O3. The van der Waals surface area contributed by atoms with Crippen molar-refractivity contribution in [2.75, 3.05) is 5.32 Å². The standard InChI is InChI=1S/C24H27ClFN3O3.C5H10/c1-16(27-15-17-5-10-20(26)11-6-17)14-28-22(30)12-8-18-7-9-19(25)13-21(18)29-23(31)32-24(2,3)4;1-4-5(2)3/h5-14,27H,15H2,1-4H3,(H,28,30)(H,29,31);4H,1-3H3/b12-8+,16-14?;. The lowest BCUT2D eigenvalue weighted by Crippen LogP contribution is -2.27. The fourth-order valence-electron chi connectivity index (χ4n) is 2.48. The second-order valence-electron chi connectivity index (χ2n) is 9.37. The largest absolute Gasteiger partial charge is 0.444 e. The Hall–Kier alpha value is -3.58. The Morgan fingerprint density at radius 3 is 2.24 bits per heavy atom. The van der Waals surface area contributed by atoms with Gasteiger partial charge in [-0.15, -0.1) is 0 Å². The first kappa shape index (κ1) is 31.4. The zero-order chi connectivity index (χ0) is 28.0. The summed E-state index contributed by atoms with van der Waals surface area (Å²) in [5.74, 6) is -0.642. The van der Waals surface area contributed by atoms with Crippen LogP contribution in [0.5, 0.6) is 0 Å². The van der Waals surface area contributed by atoms with Crippen molar-refractivity contribution in [2.24, 2.45) is 0 Å². The molecule has 0 aliphatic carbocycles. The van der Waals surface area contributed by atoms with Gasteiger partial charge in [0.15, 0.2) is 0 Å². The van der Waals surface area contributed by atoms with E-state index in [1.54, 1.807) is 64.1 Å². The van der Waals surface area contributed by atoms with Crippen LogP contribution < -0.4 is 16.0 Å². The molecule has 2 rings (SSSR count). The number of allylic oxidation sites excluding steroid dienone is 3. The van der Waals surface area contributed by atoms with Crippen molar-refractivity contribution in [3.05, 3.63) is 94.1 Å². The van der Waals surface area contributed by atoms with E-state index in [-0.39, 0.29) is 11.7 Å². The van der Waals surface area contributed by atoms with Gasteiger partial charge in [0, 0.05) is 29.5 Å². The van der Waals surface area contributed by atoms with Gasteiger partial charge in [0.25, 0.3) is 0 Å². The van der Waals surface area contributed by atoms with Gasteiger partial charge in [-0.2, -0.15) is 0 Å². The molecule has 0 saturated carbocycles. The summed E-state index contributed by atoms with van der Waals surface area (Å²) in [6, 6.07) is 11.1. The van der Waals surface area contributed by atoms with Crippen LogP contribution in [0.1, 0.15) is 59.6 Å². The molecule has 0 fully saturated rings. The van der Waals surface area contributed by atoms with Crippen molar-refractivity contribution < 1.29 is 18.7 Å². The number of carbonyl (C=O) groups is 2. The van der Waals surface area contributed by atoms with Gasteiger partial charge in [-0.3, -0.25) is 10.1 Å². The van der Waals surface area contributed by atoms with Gasteiger partial charge in [0.05, 0.1) is 5.69 Å². The van der Waals surface area contributed by atoms with E-state index in [2.05, 4.69) is 35.9 Å². The highest BCUT2D eigenvalue weighted by molar-refractivity contribution is 6.31. The molecule has 6 nitrogen and oxygen atoms in total. The number of rotatable bonds is 7. The fraction of sp³-hybridized carbons (Fsp3) is 0.310. The molecule has 0 saturated heterocycles. The van der Waals surface area contributed by atoms with Crippen LogP contribution in [0, 0.1) is 5.82 Å². The number of amides is 2. The summed E-state index contributed by atoms with van der Waals surface area (Å²) < 4.78 is 18.2. The Morgan fingerprint density at radius 1 is 1.05 bits per heavy atom. The van der Waals surface area contributed by atoms with Crippen molar-refractivity contribution >= 4 is 35.4 Å². The van der Waals surface area contributed by atoms with Crippen LogP contribution >= 0.6 is 11.6 Å². The molecule has 0 unspecified atom stereocenters. The Bertz CT molecular complexity index is 1130. The van der Waals surface area contributed by atoms with Gasteiger partial charge in [-0.05, 0) is 89.9 Å². The van der Waals surface area contributed by atoms with Crippen LogP contribution in [0.15, 0.2) is 72.1 Å². The highest BCUT2D eigenvalue weighted by Crippen LogP contribution is 2.23. The zero-order valence-corrected chi connectivity index (χ0v) is 23.3. The monoisotopic (exact) mass is 529 g/mol. The quantitative estimate of drug-likeness (QED) is 0.255. The molecule has 37 heavy (non-hydrogen) atoms. The van der Waals surface area contributed by atoms with Crippen molar-refractivity contribution in [3.63, 3.8) is 0 Å². The second-order valence-corrected chi connectivity index (χ2v) is 9.81. The lowest BCUT2D eigenvalue weighted by molar-refractivity contribution is -0.115. The molecule has 2 amide bonds. The first-order chi connectivity index (χ1) is 17.3. The predicted octanol–water partition coefficient (Wildman–Crippen LogP) is 7.58. The van der Waals surface area contributed by atoms with Gasteiger partial charge in [0.1, 0.15) is 11.4 Å². The van der Waals surface area contributed by atoms with Gasteiger partial charge in [0.2, 0.25) is 5.91 Å². The van der Waals surface area contributed by atoms with E-state index in [0.29, 0.717) is 22.8 Å². The van der Waals surface area contributed by atoms with Crippen LogP contribution in [-0.2, 0) is 16.1 Å². The molecule has 0 spiro atoms. The maximum atomic E-state index is 12.9. The summed E-state index contributed by atoms with van der Waals surface area (Å²) in [6.07, 6.45) is 5.91. The summed E-state index contributed by atoms with van der Waals surface area (Å²) >= 11 is 6.03. The molecule has 0 aliphatic rings. The number of hydrogen-bond donors (Lipinski definition) is 3.